The van der Waals surface area contributed by atoms with Crippen molar-refractivity contribution in [2.75, 3.05) is 0 Å². The van der Waals surface area contributed by atoms with Crippen LogP contribution >= 0.6 is 7.60 Å². The van der Waals surface area contributed by atoms with Crippen molar-refractivity contribution in [3.8, 4) is 0 Å². The maximum atomic E-state index is 10.9. The monoisotopic (exact) mass is 304 g/mol. The second-order valence-corrected chi connectivity index (χ2v) is 5.69. The van der Waals surface area contributed by atoms with Crippen LogP contribution in [-0.2, 0) is 9.30 Å². The Kier molecular flexibility index (Phi) is 4.02. The Morgan fingerprint density at radius 3 is 2.85 bits per heavy atom. The van der Waals surface area contributed by atoms with Gasteiger partial charge in [0, 0.05) is 12.2 Å². The molecule has 0 spiro atoms. The number of aliphatic hydroxyl groups is 1. The standard InChI is InChI=1S/C9H13N4O6P/c10-7(15)8-11-4-13(12-8)9-6(14)3-5(19-9)1-2-20(16,17)18/h1-2,4-6,9,14H,3H2,(H2,10,15)(H2,16,17,18)/b2-1+/t5-,6-,9-/m1/s1. The zero-order chi connectivity index (χ0) is 14.9. The lowest BCUT2D eigenvalue weighted by Crippen LogP contribution is -2.21. The van der Waals surface area contributed by atoms with Gasteiger partial charge in [-0.2, -0.15) is 0 Å². The van der Waals surface area contributed by atoms with Crippen molar-refractivity contribution in [3.05, 3.63) is 24.0 Å². The summed E-state index contributed by atoms with van der Waals surface area (Å²) in [6.07, 6.45) is -0.0407. The zero-order valence-corrected chi connectivity index (χ0v) is 11.0. The number of aromatic nitrogens is 3. The fraction of sp³-hybridized carbons (Fsp3) is 0.444. The van der Waals surface area contributed by atoms with Crippen molar-refractivity contribution in [3.63, 3.8) is 0 Å². The summed E-state index contributed by atoms with van der Waals surface area (Å²) in [6, 6.07) is 0. The minimum atomic E-state index is -4.28. The van der Waals surface area contributed by atoms with Crippen LogP contribution in [0, 0.1) is 0 Å². The largest absolute Gasteiger partial charge is 0.388 e. The molecule has 20 heavy (non-hydrogen) atoms. The normalized spacial score (nSPS) is 27.2. The van der Waals surface area contributed by atoms with E-state index < -0.39 is 31.9 Å². The van der Waals surface area contributed by atoms with Gasteiger partial charge in [-0.05, 0) is 6.08 Å². The third-order valence-corrected chi connectivity index (χ3v) is 3.16. The zero-order valence-electron chi connectivity index (χ0n) is 10.1. The lowest BCUT2D eigenvalue weighted by Gasteiger charge is -2.13. The first-order valence-corrected chi connectivity index (χ1v) is 7.23. The molecule has 0 saturated carbocycles. The van der Waals surface area contributed by atoms with Gasteiger partial charge in [0.2, 0.25) is 5.82 Å². The molecule has 0 aromatic carbocycles. The Bertz CT molecular complexity index is 581. The van der Waals surface area contributed by atoms with Crippen molar-refractivity contribution in [1.29, 1.82) is 0 Å². The first-order valence-electron chi connectivity index (χ1n) is 5.55. The number of amides is 1. The maximum absolute atomic E-state index is 10.9. The Labute approximate surface area is 113 Å². The Hall–Kier alpha value is -1.58. The van der Waals surface area contributed by atoms with Crippen LogP contribution in [0.25, 0.3) is 0 Å². The fourth-order valence-corrected chi connectivity index (χ4v) is 2.18. The summed E-state index contributed by atoms with van der Waals surface area (Å²) in [5.41, 5.74) is 5.00. The third kappa shape index (κ3) is 3.50. The highest BCUT2D eigenvalue weighted by molar-refractivity contribution is 7.55. The van der Waals surface area contributed by atoms with Crippen molar-refractivity contribution in [1.82, 2.24) is 14.8 Å². The van der Waals surface area contributed by atoms with Crippen LogP contribution in [0.1, 0.15) is 23.3 Å². The molecule has 11 heteroatoms. The summed E-state index contributed by atoms with van der Waals surface area (Å²) in [6.45, 7) is 0. The third-order valence-electron chi connectivity index (χ3n) is 2.60. The molecule has 1 aromatic rings. The quantitative estimate of drug-likeness (QED) is 0.500. The number of nitrogens with two attached hydrogens (primary N) is 1. The van der Waals surface area contributed by atoms with Crippen molar-refractivity contribution in [2.45, 2.75) is 24.9 Å². The summed E-state index contributed by atoms with van der Waals surface area (Å²) in [4.78, 5) is 32.0. The van der Waals surface area contributed by atoms with E-state index in [-0.39, 0.29) is 12.2 Å². The molecule has 3 atom stereocenters. The fourth-order valence-electron chi connectivity index (χ4n) is 1.76. The van der Waals surface area contributed by atoms with E-state index >= 15 is 0 Å². The molecule has 0 bridgehead atoms. The van der Waals surface area contributed by atoms with Gasteiger partial charge >= 0.3 is 7.60 Å². The summed E-state index contributed by atoms with van der Waals surface area (Å²) in [5.74, 6) is -0.313. The lowest BCUT2D eigenvalue weighted by molar-refractivity contribution is -0.0331. The van der Waals surface area contributed by atoms with Crippen LogP contribution in [0.4, 0.5) is 0 Å². The predicted octanol–water partition coefficient (Wildman–Crippen LogP) is -1.28. The number of primary amides is 1. The SMILES string of the molecule is NC(=O)c1ncn([C@@H]2O[C@H](/C=C/P(=O)(O)O)C[C@H]2O)n1. The van der Waals surface area contributed by atoms with E-state index in [1.54, 1.807) is 0 Å². The average Bonchev–Trinajstić information content (AvgIpc) is 2.91. The second kappa shape index (κ2) is 5.43. The molecule has 0 radical (unpaired) electrons. The van der Waals surface area contributed by atoms with Crippen LogP contribution < -0.4 is 5.73 Å². The van der Waals surface area contributed by atoms with E-state index in [4.69, 9.17) is 20.3 Å². The summed E-state index contributed by atoms with van der Waals surface area (Å²) in [5, 5.41) is 13.6. The smallest absolute Gasteiger partial charge is 0.348 e. The van der Waals surface area contributed by atoms with Gasteiger partial charge in [-0.25, -0.2) is 9.67 Å². The Morgan fingerprint density at radius 2 is 2.30 bits per heavy atom. The molecule has 1 aromatic heterocycles. The van der Waals surface area contributed by atoms with E-state index in [2.05, 4.69) is 10.1 Å². The molecular weight excluding hydrogens is 291 g/mol. The molecule has 0 aliphatic carbocycles. The highest BCUT2D eigenvalue weighted by Crippen LogP contribution is 2.38. The molecule has 1 aliphatic heterocycles. The van der Waals surface area contributed by atoms with Crippen LogP contribution in [0.5, 0.6) is 0 Å². The molecular formula is C9H13N4O6P. The Balaban J connectivity index is 2.09. The minimum Gasteiger partial charge on any atom is -0.388 e. The number of ether oxygens (including phenoxy) is 1. The summed E-state index contributed by atoms with van der Waals surface area (Å²) >= 11 is 0. The molecule has 2 rings (SSSR count). The molecule has 1 fully saturated rings. The van der Waals surface area contributed by atoms with Gasteiger partial charge in [0.05, 0.1) is 6.10 Å². The number of aliphatic hydroxyl groups excluding tert-OH is 1. The molecule has 1 amide bonds. The first kappa shape index (κ1) is 14.8. The molecule has 1 aliphatic rings. The number of carbonyl (C=O) groups is 1. The van der Waals surface area contributed by atoms with Crippen molar-refractivity contribution in [2.24, 2.45) is 5.73 Å². The first-order chi connectivity index (χ1) is 9.26. The minimum absolute atomic E-state index is 0.132. The van der Waals surface area contributed by atoms with Crippen LogP contribution in [0.3, 0.4) is 0 Å². The highest BCUT2D eigenvalue weighted by atomic mass is 31.2. The van der Waals surface area contributed by atoms with Gasteiger partial charge in [-0.15, -0.1) is 5.10 Å². The molecule has 1 saturated heterocycles. The second-order valence-electron chi connectivity index (χ2n) is 4.21. The molecule has 0 unspecified atom stereocenters. The van der Waals surface area contributed by atoms with E-state index in [1.165, 1.54) is 12.4 Å². The molecule has 5 N–H and O–H groups in total. The summed E-state index contributed by atoms with van der Waals surface area (Å²) < 4.78 is 17.2. The van der Waals surface area contributed by atoms with Crippen molar-refractivity contribution < 1.29 is 29.0 Å². The van der Waals surface area contributed by atoms with E-state index in [0.29, 0.717) is 5.82 Å². The predicted molar refractivity (Wildman–Crippen MR) is 64.3 cm³/mol. The van der Waals surface area contributed by atoms with Gasteiger partial charge in [-0.1, -0.05) is 0 Å². The van der Waals surface area contributed by atoms with E-state index in [9.17, 15) is 14.5 Å². The maximum Gasteiger partial charge on any atom is 0.348 e. The lowest BCUT2D eigenvalue weighted by atomic mass is 10.2. The molecule has 2 heterocycles. The number of nitrogens with zero attached hydrogens (tertiary/aromatic N) is 3. The van der Waals surface area contributed by atoms with Gasteiger partial charge in [0.1, 0.15) is 12.4 Å². The summed E-state index contributed by atoms with van der Waals surface area (Å²) in [7, 11) is -4.28. The van der Waals surface area contributed by atoms with Gasteiger partial charge < -0.3 is 25.4 Å². The number of hydrogen-bond acceptors (Lipinski definition) is 6. The number of rotatable bonds is 4. The van der Waals surface area contributed by atoms with E-state index in [0.717, 1.165) is 4.68 Å². The van der Waals surface area contributed by atoms with Crippen LogP contribution in [-0.4, -0.2) is 47.8 Å². The number of carbonyl (C=O) groups excluding carboxylic acids is 1. The molecule has 10 nitrogen and oxygen atoms in total. The van der Waals surface area contributed by atoms with Gasteiger partial charge in [0.15, 0.2) is 6.23 Å². The average molecular weight is 304 g/mol. The number of hydrogen-bond donors (Lipinski definition) is 4. The van der Waals surface area contributed by atoms with Gasteiger partial charge in [0.25, 0.3) is 5.91 Å². The highest BCUT2D eigenvalue weighted by Gasteiger charge is 2.35. The van der Waals surface area contributed by atoms with Crippen LogP contribution in [0.2, 0.25) is 0 Å². The van der Waals surface area contributed by atoms with Crippen molar-refractivity contribution >= 4 is 13.5 Å². The Morgan fingerprint density at radius 1 is 1.60 bits per heavy atom. The van der Waals surface area contributed by atoms with E-state index in [1.807, 2.05) is 0 Å². The topological polar surface area (TPSA) is 161 Å². The molecule has 110 valence electrons. The van der Waals surface area contributed by atoms with Crippen LogP contribution in [0.15, 0.2) is 18.2 Å². The van der Waals surface area contributed by atoms with Gasteiger partial charge in [-0.3, -0.25) is 9.36 Å².